The summed E-state index contributed by atoms with van der Waals surface area (Å²) in [5.41, 5.74) is 1.59. The van der Waals surface area contributed by atoms with Crippen molar-refractivity contribution in [3.8, 4) is 11.5 Å². The summed E-state index contributed by atoms with van der Waals surface area (Å²) in [5.74, 6) is 1.63. The van der Waals surface area contributed by atoms with E-state index in [4.69, 9.17) is 9.47 Å². The van der Waals surface area contributed by atoms with Crippen LogP contribution in [-0.4, -0.2) is 26.8 Å². The predicted molar refractivity (Wildman–Crippen MR) is 78.2 cm³/mol. The minimum absolute atomic E-state index is 0.242. The van der Waals surface area contributed by atoms with Crippen LogP contribution in [0.25, 0.3) is 0 Å². The molecule has 0 bridgehead atoms. The first-order valence-corrected chi connectivity index (χ1v) is 7.09. The summed E-state index contributed by atoms with van der Waals surface area (Å²) in [6.07, 6.45) is 3.66. The largest absolute Gasteiger partial charge is 0.493 e. The molecule has 2 atom stereocenters. The lowest BCUT2D eigenvalue weighted by Crippen LogP contribution is -2.28. The zero-order valence-corrected chi connectivity index (χ0v) is 12.5. The van der Waals surface area contributed by atoms with E-state index in [9.17, 15) is 0 Å². The van der Waals surface area contributed by atoms with Gasteiger partial charge in [0.15, 0.2) is 11.5 Å². The number of nitrogens with one attached hydrogen (secondary N) is 1. The van der Waals surface area contributed by atoms with Gasteiger partial charge in [-0.25, -0.2) is 0 Å². The fourth-order valence-electron chi connectivity index (χ4n) is 3.18. The van der Waals surface area contributed by atoms with Crippen LogP contribution in [0.2, 0.25) is 0 Å². The SMILES string of the molecule is CCNC1CCC(C)(c2ccc(OC)c(OC)c2)C1. The fraction of sp³-hybridized carbons (Fsp3) is 0.625. The summed E-state index contributed by atoms with van der Waals surface area (Å²) in [7, 11) is 3.37. The van der Waals surface area contributed by atoms with E-state index in [1.165, 1.54) is 24.8 Å². The Hall–Kier alpha value is -1.22. The van der Waals surface area contributed by atoms with Crippen molar-refractivity contribution in [2.75, 3.05) is 20.8 Å². The van der Waals surface area contributed by atoms with Crippen molar-refractivity contribution in [3.63, 3.8) is 0 Å². The molecule has 19 heavy (non-hydrogen) atoms. The van der Waals surface area contributed by atoms with Crippen LogP contribution in [0.4, 0.5) is 0 Å². The second-order valence-corrected chi connectivity index (χ2v) is 5.63. The summed E-state index contributed by atoms with van der Waals surface area (Å²) < 4.78 is 10.7. The lowest BCUT2D eigenvalue weighted by Gasteiger charge is -2.26. The molecule has 0 spiro atoms. The zero-order chi connectivity index (χ0) is 13.9. The number of hydrogen-bond donors (Lipinski definition) is 1. The van der Waals surface area contributed by atoms with Gasteiger partial charge in [0.2, 0.25) is 0 Å². The van der Waals surface area contributed by atoms with Crippen molar-refractivity contribution in [1.82, 2.24) is 5.32 Å². The van der Waals surface area contributed by atoms with E-state index in [0.29, 0.717) is 6.04 Å². The minimum atomic E-state index is 0.242. The van der Waals surface area contributed by atoms with Gasteiger partial charge >= 0.3 is 0 Å². The molecule has 3 heteroatoms. The van der Waals surface area contributed by atoms with Crippen molar-refractivity contribution in [1.29, 1.82) is 0 Å². The number of benzene rings is 1. The Morgan fingerprint density at radius 1 is 1.26 bits per heavy atom. The van der Waals surface area contributed by atoms with E-state index >= 15 is 0 Å². The summed E-state index contributed by atoms with van der Waals surface area (Å²) in [6, 6.07) is 6.96. The van der Waals surface area contributed by atoms with E-state index in [-0.39, 0.29) is 5.41 Å². The molecule has 1 aromatic carbocycles. The van der Waals surface area contributed by atoms with E-state index in [0.717, 1.165) is 18.0 Å². The van der Waals surface area contributed by atoms with E-state index < -0.39 is 0 Å². The van der Waals surface area contributed by atoms with Crippen molar-refractivity contribution in [2.45, 2.75) is 44.6 Å². The third-order valence-electron chi connectivity index (χ3n) is 4.31. The molecule has 0 aromatic heterocycles. The normalized spacial score (nSPS) is 26.4. The van der Waals surface area contributed by atoms with Crippen LogP contribution in [0.1, 0.15) is 38.7 Å². The van der Waals surface area contributed by atoms with Gasteiger partial charge in [-0.3, -0.25) is 0 Å². The maximum Gasteiger partial charge on any atom is 0.161 e. The van der Waals surface area contributed by atoms with Gasteiger partial charge in [0, 0.05) is 6.04 Å². The number of rotatable bonds is 5. The summed E-state index contributed by atoms with van der Waals surface area (Å²) in [6.45, 7) is 5.57. The molecule has 1 fully saturated rings. The molecule has 1 saturated carbocycles. The second kappa shape index (κ2) is 5.83. The molecule has 0 amide bonds. The van der Waals surface area contributed by atoms with Crippen LogP contribution >= 0.6 is 0 Å². The van der Waals surface area contributed by atoms with Crippen LogP contribution in [0, 0.1) is 0 Å². The van der Waals surface area contributed by atoms with Crippen LogP contribution in [0.15, 0.2) is 18.2 Å². The molecule has 0 aliphatic heterocycles. The first-order chi connectivity index (χ1) is 9.12. The number of ether oxygens (including phenoxy) is 2. The van der Waals surface area contributed by atoms with E-state index in [1.807, 2.05) is 6.07 Å². The number of methoxy groups -OCH3 is 2. The van der Waals surface area contributed by atoms with Crippen molar-refractivity contribution in [2.24, 2.45) is 0 Å². The van der Waals surface area contributed by atoms with E-state index in [1.54, 1.807) is 14.2 Å². The topological polar surface area (TPSA) is 30.5 Å². The van der Waals surface area contributed by atoms with E-state index in [2.05, 4.69) is 31.3 Å². The van der Waals surface area contributed by atoms with Crippen LogP contribution in [0.3, 0.4) is 0 Å². The lowest BCUT2D eigenvalue weighted by molar-refractivity contribution is 0.352. The summed E-state index contributed by atoms with van der Waals surface area (Å²) in [5, 5.41) is 3.56. The molecule has 2 rings (SSSR count). The standard InChI is InChI=1S/C16H25NO2/c1-5-17-13-8-9-16(2,11-13)12-6-7-14(18-3)15(10-12)19-4/h6-7,10,13,17H,5,8-9,11H2,1-4H3. The molecule has 106 valence electrons. The Morgan fingerprint density at radius 3 is 2.63 bits per heavy atom. The van der Waals surface area contributed by atoms with Crippen molar-refractivity contribution < 1.29 is 9.47 Å². The molecule has 3 nitrogen and oxygen atoms in total. The van der Waals surface area contributed by atoms with Crippen LogP contribution in [0.5, 0.6) is 11.5 Å². The Bertz CT molecular complexity index is 433. The van der Waals surface area contributed by atoms with Gasteiger partial charge in [-0.05, 0) is 48.9 Å². The monoisotopic (exact) mass is 263 g/mol. The molecule has 1 aromatic rings. The predicted octanol–water partition coefficient (Wildman–Crippen LogP) is 3.12. The molecule has 0 saturated heterocycles. The smallest absolute Gasteiger partial charge is 0.161 e. The average molecular weight is 263 g/mol. The Labute approximate surface area is 116 Å². The first kappa shape index (κ1) is 14.2. The van der Waals surface area contributed by atoms with Crippen molar-refractivity contribution >= 4 is 0 Å². The quantitative estimate of drug-likeness (QED) is 0.885. The minimum Gasteiger partial charge on any atom is -0.493 e. The average Bonchev–Trinajstić information content (AvgIpc) is 2.81. The Morgan fingerprint density at radius 2 is 2.00 bits per heavy atom. The molecule has 1 N–H and O–H groups in total. The summed E-state index contributed by atoms with van der Waals surface area (Å²) in [4.78, 5) is 0. The zero-order valence-electron chi connectivity index (χ0n) is 12.5. The summed E-state index contributed by atoms with van der Waals surface area (Å²) >= 11 is 0. The highest BCUT2D eigenvalue weighted by molar-refractivity contribution is 5.45. The highest BCUT2D eigenvalue weighted by Crippen LogP contribution is 2.43. The molecular weight excluding hydrogens is 238 g/mol. The van der Waals surface area contributed by atoms with Gasteiger partial charge in [0.25, 0.3) is 0 Å². The van der Waals surface area contributed by atoms with Crippen LogP contribution < -0.4 is 14.8 Å². The van der Waals surface area contributed by atoms with Gasteiger partial charge in [0.1, 0.15) is 0 Å². The third kappa shape index (κ3) is 2.86. The maximum atomic E-state index is 5.42. The van der Waals surface area contributed by atoms with Gasteiger partial charge in [-0.15, -0.1) is 0 Å². The van der Waals surface area contributed by atoms with Gasteiger partial charge in [-0.2, -0.15) is 0 Å². The molecular formula is C16H25NO2. The second-order valence-electron chi connectivity index (χ2n) is 5.63. The lowest BCUT2D eigenvalue weighted by atomic mass is 9.80. The third-order valence-corrected chi connectivity index (χ3v) is 4.31. The van der Waals surface area contributed by atoms with Gasteiger partial charge < -0.3 is 14.8 Å². The fourth-order valence-corrected chi connectivity index (χ4v) is 3.18. The molecule has 0 heterocycles. The Balaban J connectivity index is 2.22. The van der Waals surface area contributed by atoms with Crippen LogP contribution in [-0.2, 0) is 5.41 Å². The van der Waals surface area contributed by atoms with Gasteiger partial charge in [0.05, 0.1) is 14.2 Å². The van der Waals surface area contributed by atoms with Gasteiger partial charge in [-0.1, -0.05) is 19.9 Å². The molecule has 1 aliphatic carbocycles. The molecule has 2 unspecified atom stereocenters. The molecule has 1 aliphatic rings. The maximum absolute atomic E-state index is 5.42. The highest BCUT2D eigenvalue weighted by Gasteiger charge is 2.36. The molecule has 0 radical (unpaired) electrons. The number of hydrogen-bond acceptors (Lipinski definition) is 3. The Kier molecular flexibility index (Phi) is 4.35. The highest BCUT2D eigenvalue weighted by atomic mass is 16.5. The van der Waals surface area contributed by atoms with Crippen molar-refractivity contribution in [3.05, 3.63) is 23.8 Å². The first-order valence-electron chi connectivity index (χ1n) is 7.09.